The maximum atomic E-state index is 12.0. The van der Waals surface area contributed by atoms with Crippen molar-refractivity contribution >= 4 is 5.97 Å². The van der Waals surface area contributed by atoms with Crippen molar-refractivity contribution in [1.29, 1.82) is 0 Å². The topological polar surface area (TPSA) is 29.5 Å². The van der Waals surface area contributed by atoms with Crippen molar-refractivity contribution in [3.05, 3.63) is 0 Å². The fourth-order valence-electron chi connectivity index (χ4n) is 4.72. The average molecular weight is 237 g/mol. The van der Waals surface area contributed by atoms with Crippen LogP contribution in [0.5, 0.6) is 0 Å². The zero-order valence-corrected chi connectivity index (χ0v) is 10.9. The van der Waals surface area contributed by atoms with Gasteiger partial charge in [0.2, 0.25) is 0 Å². The smallest absolute Gasteiger partial charge is 0.323 e. The minimum Gasteiger partial charge on any atom is -0.465 e. The van der Waals surface area contributed by atoms with E-state index in [-0.39, 0.29) is 12.0 Å². The normalized spacial score (nSPS) is 44.0. The van der Waals surface area contributed by atoms with Crippen LogP contribution in [0.2, 0.25) is 0 Å². The first kappa shape index (κ1) is 11.5. The largest absolute Gasteiger partial charge is 0.465 e. The number of carbonyl (C=O) groups is 1. The summed E-state index contributed by atoms with van der Waals surface area (Å²) in [4.78, 5) is 14.5. The second-order valence-corrected chi connectivity index (χ2v) is 5.95. The molecule has 4 atom stereocenters. The van der Waals surface area contributed by atoms with Crippen molar-refractivity contribution in [2.45, 2.75) is 58.0 Å². The molecular weight excluding hydrogens is 214 g/mol. The number of ether oxygens (including phenoxy) is 1. The zero-order valence-electron chi connectivity index (χ0n) is 10.9. The van der Waals surface area contributed by atoms with Crippen molar-refractivity contribution in [3.8, 4) is 0 Å². The summed E-state index contributed by atoms with van der Waals surface area (Å²) >= 11 is 0. The summed E-state index contributed by atoms with van der Waals surface area (Å²) in [5, 5.41) is 0. The molecule has 96 valence electrons. The van der Waals surface area contributed by atoms with Crippen LogP contribution in [-0.4, -0.2) is 36.1 Å². The van der Waals surface area contributed by atoms with Crippen LogP contribution >= 0.6 is 0 Å². The molecule has 0 bridgehead atoms. The van der Waals surface area contributed by atoms with Gasteiger partial charge in [0.25, 0.3) is 0 Å². The van der Waals surface area contributed by atoms with Crippen LogP contribution in [0.15, 0.2) is 0 Å². The number of hydrogen-bond donors (Lipinski definition) is 0. The van der Waals surface area contributed by atoms with E-state index in [1.54, 1.807) is 0 Å². The monoisotopic (exact) mass is 237 g/mol. The first-order chi connectivity index (χ1) is 8.22. The van der Waals surface area contributed by atoms with E-state index in [1.165, 1.54) is 25.7 Å². The predicted molar refractivity (Wildman–Crippen MR) is 65.6 cm³/mol. The van der Waals surface area contributed by atoms with Crippen LogP contribution in [0, 0.1) is 11.3 Å². The van der Waals surface area contributed by atoms with Gasteiger partial charge in [-0.2, -0.15) is 0 Å². The van der Waals surface area contributed by atoms with E-state index in [2.05, 4.69) is 11.8 Å². The number of esters is 1. The van der Waals surface area contributed by atoms with Gasteiger partial charge < -0.3 is 4.74 Å². The molecule has 0 aromatic carbocycles. The summed E-state index contributed by atoms with van der Waals surface area (Å²) < 4.78 is 5.23. The molecule has 3 heteroatoms. The summed E-state index contributed by atoms with van der Waals surface area (Å²) in [6, 6.07) is 0.751. The van der Waals surface area contributed by atoms with Crippen molar-refractivity contribution in [3.63, 3.8) is 0 Å². The Hall–Kier alpha value is -0.570. The fraction of sp³-hybridized carbons (Fsp3) is 0.929. The lowest BCUT2D eigenvalue weighted by Gasteiger charge is -2.30. The first-order valence-corrected chi connectivity index (χ1v) is 7.14. The van der Waals surface area contributed by atoms with E-state index < -0.39 is 0 Å². The van der Waals surface area contributed by atoms with E-state index in [9.17, 15) is 4.79 Å². The van der Waals surface area contributed by atoms with Crippen LogP contribution in [0.3, 0.4) is 0 Å². The lowest BCUT2D eigenvalue weighted by molar-refractivity contribution is -0.148. The third-order valence-corrected chi connectivity index (χ3v) is 5.50. The molecule has 0 amide bonds. The molecule has 3 rings (SSSR count). The molecular formula is C14H23NO2. The highest BCUT2D eigenvalue weighted by Crippen LogP contribution is 2.58. The highest BCUT2D eigenvalue weighted by molar-refractivity contribution is 5.76. The minimum absolute atomic E-state index is 0.0220. The van der Waals surface area contributed by atoms with Gasteiger partial charge in [0.05, 0.1) is 6.61 Å². The van der Waals surface area contributed by atoms with Gasteiger partial charge in [-0.05, 0) is 56.9 Å². The molecule has 1 saturated carbocycles. The Balaban J connectivity index is 1.81. The van der Waals surface area contributed by atoms with Crippen molar-refractivity contribution < 1.29 is 9.53 Å². The van der Waals surface area contributed by atoms with Crippen LogP contribution in [-0.2, 0) is 9.53 Å². The van der Waals surface area contributed by atoms with Crippen molar-refractivity contribution in [1.82, 2.24) is 4.90 Å². The molecule has 2 aliphatic heterocycles. The Morgan fingerprint density at radius 1 is 1.41 bits per heavy atom. The Kier molecular flexibility index (Phi) is 2.69. The highest BCUT2D eigenvalue weighted by Gasteiger charge is 2.60. The van der Waals surface area contributed by atoms with Crippen molar-refractivity contribution in [2.24, 2.45) is 11.3 Å². The minimum atomic E-state index is 0.0220. The quantitative estimate of drug-likeness (QED) is 0.705. The lowest BCUT2D eigenvalue weighted by atomic mass is 9.79. The van der Waals surface area contributed by atoms with Gasteiger partial charge in [-0.1, -0.05) is 6.92 Å². The molecule has 0 unspecified atom stereocenters. The second-order valence-electron chi connectivity index (χ2n) is 5.95. The second kappa shape index (κ2) is 3.98. The van der Waals surface area contributed by atoms with E-state index in [1.807, 2.05) is 6.92 Å². The Bertz CT molecular complexity index is 330. The molecule has 3 aliphatic rings. The third kappa shape index (κ3) is 1.48. The molecule has 2 heterocycles. The average Bonchev–Trinajstić information content (AvgIpc) is 2.96. The highest BCUT2D eigenvalue weighted by atomic mass is 16.5. The first-order valence-electron chi connectivity index (χ1n) is 7.14. The molecule has 0 aromatic heterocycles. The molecule has 2 saturated heterocycles. The third-order valence-electron chi connectivity index (χ3n) is 5.50. The van der Waals surface area contributed by atoms with Crippen LogP contribution in [0.25, 0.3) is 0 Å². The summed E-state index contributed by atoms with van der Waals surface area (Å²) in [5.74, 6) is 0.778. The van der Waals surface area contributed by atoms with Gasteiger partial charge in [0, 0.05) is 6.04 Å². The van der Waals surface area contributed by atoms with Gasteiger partial charge in [-0.15, -0.1) is 0 Å². The van der Waals surface area contributed by atoms with Gasteiger partial charge in [-0.3, -0.25) is 9.69 Å². The molecule has 0 N–H and O–H groups in total. The standard InChI is InChI=1S/C14H23NO2/c1-3-14-6-5-10-9-11(13(16)17-4-2)15(8-7-14)12(10)14/h10-12H,3-9H2,1-2H3/t10-,11+,12+,14+/m1/s1. The molecule has 1 aliphatic carbocycles. The Morgan fingerprint density at radius 2 is 2.24 bits per heavy atom. The Morgan fingerprint density at radius 3 is 2.94 bits per heavy atom. The maximum absolute atomic E-state index is 12.0. The van der Waals surface area contributed by atoms with Crippen LogP contribution < -0.4 is 0 Å². The van der Waals surface area contributed by atoms with Gasteiger partial charge >= 0.3 is 5.97 Å². The maximum Gasteiger partial charge on any atom is 0.323 e. The summed E-state index contributed by atoms with van der Waals surface area (Å²) in [5.41, 5.74) is 0.534. The van der Waals surface area contributed by atoms with Crippen LogP contribution in [0.4, 0.5) is 0 Å². The number of rotatable bonds is 3. The van der Waals surface area contributed by atoms with Crippen molar-refractivity contribution in [2.75, 3.05) is 13.2 Å². The van der Waals surface area contributed by atoms with Gasteiger partial charge in [-0.25, -0.2) is 0 Å². The number of carbonyl (C=O) groups excluding carboxylic acids is 1. The summed E-state index contributed by atoms with van der Waals surface area (Å²) in [6.07, 6.45) is 6.32. The molecule has 0 aromatic rings. The predicted octanol–water partition coefficient (Wildman–Crippen LogP) is 2.20. The molecule has 17 heavy (non-hydrogen) atoms. The molecule has 0 radical (unpaired) electrons. The molecule has 3 fully saturated rings. The van der Waals surface area contributed by atoms with E-state index >= 15 is 0 Å². The van der Waals surface area contributed by atoms with Gasteiger partial charge in [0.15, 0.2) is 0 Å². The van der Waals surface area contributed by atoms with E-state index in [0.29, 0.717) is 18.1 Å². The van der Waals surface area contributed by atoms with E-state index in [4.69, 9.17) is 4.74 Å². The SMILES string of the molecule is CCOC(=O)[C@@H]1C[C@H]2CC[C@@]3(CC)CCN1[C@@H]23. The molecule has 3 nitrogen and oxygen atoms in total. The zero-order chi connectivity index (χ0) is 12.0. The number of hydrogen-bond acceptors (Lipinski definition) is 3. The number of nitrogens with zero attached hydrogens (tertiary/aromatic N) is 1. The summed E-state index contributed by atoms with van der Waals surface area (Å²) in [6.45, 7) is 5.84. The van der Waals surface area contributed by atoms with Crippen LogP contribution in [0.1, 0.15) is 46.0 Å². The fourth-order valence-corrected chi connectivity index (χ4v) is 4.72. The summed E-state index contributed by atoms with van der Waals surface area (Å²) in [7, 11) is 0. The lowest BCUT2D eigenvalue weighted by Crippen LogP contribution is -2.41. The Labute approximate surface area is 104 Å². The molecule has 0 spiro atoms. The van der Waals surface area contributed by atoms with E-state index in [0.717, 1.165) is 18.9 Å². The van der Waals surface area contributed by atoms with Gasteiger partial charge in [0.1, 0.15) is 6.04 Å².